The molecule has 0 aliphatic heterocycles. The predicted molar refractivity (Wildman–Crippen MR) is 181 cm³/mol. The van der Waals surface area contributed by atoms with E-state index < -0.39 is 28.5 Å². The van der Waals surface area contributed by atoms with E-state index in [0.29, 0.717) is 10.6 Å². The highest BCUT2D eigenvalue weighted by Crippen LogP contribution is 2.30. The lowest BCUT2D eigenvalue weighted by Crippen LogP contribution is -2.54. The Morgan fingerprint density at radius 1 is 0.800 bits per heavy atom. The largest absolute Gasteiger partial charge is 0.352 e. The number of amides is 2. The highest BCUT2D eigenvalue weighted by atomic mass is 35.5. The number of sulfonamides is 1. The van der Waals surface area contributed by atoms with Crippen molar-refractivity contribution in [3.05, 3.63) is 130 Å². The standard InChI is InChI=1S/C36H40ClN3O4S/c1-25(2)38-36(42)34(21-29-11-7-6-8-12-29)39(23-30-13-9-10-27(4)20-30)35(41)24-40(33-22-31(37)17-16-28(33)5)45(43,44)32-18-14-26(3)15-19-32/h6-20,22,25,34H,21,23-24H2,1-5H3,(H,38,42). The van der Waals surface area contributed by atoms with Crippen molar-refractivity contribution in [2.75, 3.05) is 10.8 Å². The first-order valence-electron chi connectivity index (χ1n) is 14.9. The van der Waals surface area contributed by atoms with E-state index in [0.717, 1.165) is 26.6 Å². The van der Waals surface area contributed by atoms with Crippen molar-refractivity contribution in [3.63, 3.8) is 0 Å². The minimum atomic E-state index is -4.22. The third-order valence-electron chi connectivity index (χ3n) is 7.47. The summed E-state index contributed by atoms with van der Waals surface area (Å²) in [5.74, 6) is -0.840. The number of carbonyl (C=O) groups is 2. The number of anilines is 1. The molecule has 4 rings (SSSR count). The molecule has 0 aromatic heterocycles. The van der Waals surface area contributed by atoms with Crippen LogP contribution in [0.1, 0.15) is 41.7 Å². The van der Waals surface area contributed by atoms with Crippen LogP contribution in [0, 0.1) is 20.8 Å². The van der Waals surface area contributed by atoms with E-state index in [1.54, 1.807) is 37.3 Å². The number of rotatable bonds is 12. The Kier molecular flexibility index (Phi) is 11.1. The summed E-state index contributed by atoms with van der Waals surface area (Å²) in [6, 6.07) is 27.6. The van der Waals surface area contributed by atoms with Crippen LogP contribution in [0.4, 0.5) is 5.69 Å². The molecule has 4 aromatic carbocycles. The molecule has 0 aliphatic rings. The Morgan fingerprint density at radius 3 is 2.11 bits per heavy atom. The first-order chi connectivity index (χ1) is 21.3. The third-order valence-corrected chi connectivity index (χ3v) is 9.47. The van der Waals surface area contributed by atoms with Gasteiger partial charge >= 0.3 is 0 Å². The topological polar surface area (TPSA) is 86.8 Å². The highest BCUT2D eigenvalue weighted by Gasteiger charge is 2.35. The summed E-state index contributed by atoms with van der Waals surface area (Å²) in [7, 11) is -4.22. The van der Waals surface area contributed by atoms with Gasteiger partial charge in [-0.2, -0.15) is 0 Å². The average Bonchev–Trinajstić information content (AvgIpc) is 2.99. The van der Waals surface area contributed by atoms with Crippen molar-refractivity contribution in [2.24, 2.45) is 0 Å². The Bertz CT molecular complexity index is 1740. The van der Waals surface area contributed by atoms with Crippen LogP contribution in [0.25, 0.3) is 0 Å². The fourth-order valence-corrected chi connectivity index (χ4v) is 6.78. The van der Waals surface area contributed by atoms with Crippen LogP contribution >= 0.6 is 11.6 Å². The van der Waals surface area contributed by atoms with Gasteiger partial charge in [-0.1, -0.05) is 95.5 Å². The molecule has 7 nitrogen and oxygen atoms in total. The summed E-state index contributed by atoms with van der Waals surface area (Å²) in [4.78, 5) is 29.9. The van der Waals surface area contributed by atoms with E-state index in [-0.39, 0.29) is 35.5 Å². The zero-order valence-corrected chi connectivity index (χ0v) is 27.9. The molecule has 0 aliphatic carbocycles. The lowest BCUT2D eigenvalue weighted by atomic mass is 10.0. The molecular formula is C36H40ClN3O4S. The number of aryl methyl sites for hydroxylation is 3. The van der Waals surface area contributed by atoms with Crippen LogP contribution in [0.3, 0.4) is 0 Å². The van der Waals surface area contributed by atoms with Crippen LogP contribution in [0.2, 0.25) is 5.02 Å². The zero-order chi connectivity index (χ0) is 32.7. The molecule has 4 aromatic rings. The van der Waals surface area contributed by atoms with E-state index in [4.69, 9.17) is 11.6 Å². The van der Waals surface area contributed by atoms with Gasteiger partial charge in [-0.05, 0) is 75.6 Å². The second-order valence-corrected chi connectivity index (χ2v) is 13.9. The summed E-state index contributed by atoms with van der Waals surface area (Å²) in [5, 5.41) is 3.31. The van der Waals surface area contributed by atoms with Gasteiger partial charge < -0.3 is 10.2 Å². The van der Waals surface area contributed by atoms with Crippen LogP contribution in [0.5, 0.6) is 0 Å². The smallest absolute Gasteiger partial charge is 0.264 e. The molecule has 1 atom stereocenters. The number of nitrogens with one attached hydrogen (secondary N) is 1. The molecule has 45 heavy (non-hydrogen) atoms. The van der Waals surface area contributed by atoms with Crippen molar-refractivity contribution in [1.29, 1.82) is 0 Å². The molecule has 0 saturated carbocycles. The summed E-state index contributed by atoms with van der Waals surface area (Å²) >= 11 is 6.36. The summed E-state index contributed by atoms with van der Waals surface area (Å²) in [6.45, 7) is 8.90. The minimum Gasteiger partial charge on any atom is -0.352 e. The third kappa shape index (κ3) is 8.74. The zero-order valence-electron chi connectivity index (χ0n) is 26.3. The van der Waals surface area contributed by atoms with Gasteiger partial charge in [0, 0.05) is 24.0 Å². The number of hydrogen-bond donors (Lipinski definition) is 1. The molecule has 2 amide bonds. The molecule has 1 unspecified atom stereocenters. The lowest BCUT2D eigenvalue weighted by molar-refractivity contribution is -0.140. The lowest BCUT2D eigenvalue weighted by Gasteiger charge is -2.34. The van der Waals surface area contributed by atoms with Crippen molar-refractivity contribution >= 4 is 39.1 Å². The van der Waals surface area contributed by atoms with Crippen LogP contribution < -0.4 is 9.62 Å². The van der Waals surface area contributed by atoms with Gasteiger partial charge in [-0.15, -0.1) is 0 Å². The number of halogens is 1. The summed E-state index contributed by atoms with van der Waals surface area (Å²) < 4.78 is 29.6. The molecule has 1 N–H and O–H groups in total. The fourth-order valence-electron chi connectivity index (χ4n) is 5.14. The molecule has 9 heteroatoms. The number of carbonyl (C=O) groups excluding carboxylic acids is 2. The van der Waals surface area contributed by atoms with Gasteiger partial charge in [-0.25, -0.2) is 8.42 Å². The van der Waals surface area contributed by atoms with Gasteiger partial charge in [-0.3, -0.25) is 13.9 Å². The van der Waals surface area contributed by atoms with Crippen molar-refractivity contribution < 1.29 is 18.0 Å². The second-order valence-electron chi connectivity index (χ2n) is 11.6. The molecule has 0 heterocycles. The molecule has 0 bridgehead atoms. The maximum atomic E-state index is 14.6. The van der Waals surface area contributed by atoms with Crippen molar-refractivity contribution in [3.8, 4) is 0 Å². The SMILES string of the molecule is Cc1ccc(S(=O)(=O)N(CC(=O)N(Cc2cccc(C)c2)C(Cc2ccccc2)C(=O)NC(C)C)c2cc(Cl)ccc2C)cc1. The maximum Gasteiger partial charge on any atom is 0.264 e. The molecular weight excluding hydrogens is 606 g/mol. The normalized spacial score (nSPS) is 12.1. The number of hydrogen-bond acceptors (Lipinski definition) is 4. The highest BCUT2D eigenvalue weighted by molar-refractivity contribution is 7.92. The van der Waals surface area contributed by atoms with Gasteiger partial charge in [0.2, 0.25) is 11.8 Å². The van der Waals surface area contributed by atoms with E-state index in [1.807, 2.05) is 82.3 Å². The van der Waals surface area contributed by atoms with E-state index in [9.17, 15) is 18.0 Å². The summed E-state index contributed by atoms with van der Waals surface area (Å²) in [5.41, 5.74) is 4.53. The van der Waals surface area contributed by atoms with Crippen molar-refractivity contribution in [1.82, 2.24) is 10.2 Å². The van der Waals surface area contributed by atoms with Gasteiger partial charge in [0.1, 0.15) is 12.6 Å². The average molecular weight is 646 g/mol. The number of nitrogens with zero attached hydrogens (tertiary/aromatic N) is 2. The molecule has 0 spiro atoms. The Morgan fingerprint density at radius 2 is 1.47 bits per heavy atom. The van der Waals surface area contributed by atoms with Crippen LogP contribution in [-0.2, 0) is 32.6 Å². The maximum absolute atomic E-state index is 14.6. The minimum absolute atomic E-state index is 0.0453. The van der Waals surface area contributed by atoms with E-state index in [2.05, 4.69) is 5.32 Å². The first kappa shape index (κ1) is 33.7. The molecule has 0 saturated heterocycles. The first-order valence-corrected chi connectivity index (χ1v) is 16.7. The van der Waals surface area contributed by atoms with Gasteiger partial charge in [0.05, 0.1) is 10.6 Å². The summed E-state index contributed by atoms with van der Waals surface area (Å²) in [6.07, 6.45) is 0.248. The quantitative estimate of drug-likeness (QED) is 0.188. The number of benzene rings is 4. The van der Waals surface area contributed by atoms with Gasteiger partial charge in [0.25, 0.3) is 10.0 Å². The van der Waals surface area contributed by atoms with Gasteiger partial charge in [0.15, 0.2) is 0 Å². The second kappa shape index (κ2) is 14.8. The molecule has 0 radical (unpaired) electrons. The van der Waals surface area contributed by atoms with Crippen LogP contribution in [-0.4, -0.2) is 43.8 Å². The van der Waals surface area contributed by atoms with E-state index >= 15 is 0 Å². The van der Waals surface area contributed by atoms with E-state index in [1.165, 1.54) is 17.0 Å². The van der Waals surface area contributed by atoms with Crippen LogP contribution in [0.15, 0.2) is 102 Å². The Labute approximate surface area is 271 Å². The predicted octanol–water partition coefficient (Wildman–Crippen LogP) is 6.63. The van der Waals surface area contributed by atoms with Crippen molar-refractivity contribution in [2.45, 2.75) is 64.6 Å². The Hall–Kier alpha value is -4.14. The Balaban J connectivity index is 1.84. The fraction of sp³-hybridized carbons (Fsp3) is 0.278. The molecule has 0 fully saturated rings. The molecule has 236 valence electrons. The monoisotopic (exact) mass is 645 g/mol.